The third kappa shape index (κ3) is 4.09. The van der Waals surface area contributed by atoms with Crippen molar-refractivity contribution >= 4 is 40.2 Å². The molecule has 31 heavy (non-hydrogen) atoms. The summed E-state index contributed by atoms with van der Waals surface area (Å²) >= 11 is 5.76. The Kier molecular flexibility index (Phi) is 5.36. The van der Waals surface area contributed by atoms with Gasteiger partial charge in [0.2, 0.25) is 11.8 Å². The third-order valence-electron chi connectivity index (χ3n) is 5.22. The normalized spacial score (nSPS) is 14.3. The number of rotatable bonds is 7. The van der Waals surface area contributed by atoms with E-state index >= 15 is 0 Å². The van der Waals surface area contributed by atoms with E-state index in [0.717, 1.165) is 0 Å². The highest BCUT2D eigenvalue weighted by Crippen LogP contribution is 2.35. The lowest BCUT2D eigenvalue weighted by molar-refractivity contribution is -0.130. The molecule has 0 spiro atoms. The highest BCUT2D eigenvalue weighted by atomic mass is 35.5. The molecule has 0 saturated heterocycles. The molecule has 160 valence electrons. The van der Waals surface area contributed by atoms with Crippen LogP contribution in [0.3, 0.4) is 0 Å². The van der Waals surface area contributed by atoms with Gasteiger partial charge < -0.3 is 16.4 Å². The van der Waals surface area contributed by atoms with E-state index in [1.165, 1.54) is 16.8 Å². The smallest absolute Gasteiger partial charge is 0.269 e. The van der Waals surface area contributed by atoms with Crippen molar-refractivity contribution in [3.8, 4) is 0 Å². The van der Waals surface area contributed by atoms with Crippen molar-refractivity contribution in [3.05, 3.63) is 64.6 Å². The number of nitrogens with zero attached hydrogens (tertiary/aromatic N) is 2. The van der Waals surface area contributed by atoms with Crippen LogP contribution in [0.1, 0.15) is 28.9 Å². The van der Waals surface area contributed by atoms with E-state index < -0.39 is 29.1 Å². The molecule has 1 aliphatic carbocycles. The summed E-state index contributed by atoms with van der Waals surface area (Å²) < 4.78 is 15.4. The Morgan fingerprint density at radius 3 is 2.61 bits per heavy atom. The summed E-state index contributed by atoms with van der Waals surface area (Å²) in [5, 5.41) is 10.1. The minimum atomic E-state index is -1.04. The predicted molar refractivity (Wildman–Crippen MR) is 112 cm³/mol. The number of aromatic nitrogens is 2. The first-order valence-electron chi connectivity index (χ1n) is 9.58. The number of para-hydroxylation sites is 1. The molecule has 1 fully saturated rings. The van der Waals surface area contributed by atoms with Gasteiger partial charge in [-0.2, -0.15) is 5.10 Å². The zero-order chi connectivity index (χ0) is 22.2. The van der Waals surface area contributed by atoms with Gasteiger partial charge in [-0.15, -0.1) is 0 Å². The summed E-state index contributed by atoms with van der Waals surface area (Å²) in [6, 6.07) is 11.5. The van der Waals surface area contributed by atoms with Gasteiger partial charge in [-0.3, -0.25) is 19.1 Å². The van der Waals surface area contributed by atoms with Crippen LogP contribution in [-0.4, -0.2) is 33.0 Å². The summed E-state index contributed by atoms with van der Waals surface area (Å²) in [4.78, 5) is 36.9. The van der Waals surface area contributed by atoms with E-state index in [1.807, 2.05) is 0 Å². The molecule has 10 heteroatoms. The lowest BCUT2D eigenvalue weighted by Gasteiger charge is -2.17. The minimum absolute atomic E-state index is 0.0250. The number of halogens is 2. The van der Waals surface area contributed by atoms with Gasteiger partial charge in [0.25, 0.3) is 5.91 Å². The maximum Gasteiger partial charge on any atom is 0.269 e. The molecule has 1 saturated carbocycles. The molecule has 3 amide bonds. The molecule has 1 heterocycles. The first-order valence-corrected chi connectivity index (χ1v) is 9.96. The van der Waals surface area contributed by atoms with Gasteiger partial charge in [-0.05, 0) is 25.0 Å². The number of carbonyl (C=O) groups is 3. The fourth-order valence-corrected chi connectivity index (χ4v) is 3.63. The van der Waals surface area contributed by atoms with Crippen LogP contribution >= 0.6 is 11.6 Å². The summed E-state index contributed by atoms with van der Waals surface area (Å²) in [5.74, 6) is -2.12. The highest BCUT2D eigenvalue weighted by molar-refractivity contribution is 6.30. The monoisotopic (exact) mass is 443 g/mol. The summed E-state index contributed by atoms with van der Waals surface area (Å²) in [6.07, 6.45) is 0.935. The van der Waals surface area contributed by atoms with Crippen LogP contribution in [0, 0.1) is 5.82 Å². The fraction of sp³-hybridized carbons (Fsp3) is 0.238. The van der Waals surface area contributed by atoms with Crippen molar-refractivity contribution in [3.63, 3.8) is 0 Å². The number of amides is 3. The first-order chi connectivity index (χ1) is 14.8. The van der Waals surface area contributed by atoms with E-state index in [4.69, 9.17) is 17.3 Å². The first kappa shape index (κ1) is 20.8. The van der Waals surface area contributed by atoms with Gasteiger partial charge in [-0.1, -0.05) is 41.9 Å². The number of primary amides is 1. The van der Waals surface area contributed by atoms with Crippen LogP contribution in [0.25, 0.3) is 10.9 Å². The summed E-state index contributed by atoms with van der Waals surface area (Å²) in [7, 11) is 0. The van der Waals surface area contributed by atoms with Crippen LogP contribution in [0.15, 0.2) is 42.5 Å². The zero-order valence-corrected chi connectivity index (χ0v) is 17.1. The summed E-state index contributed by atoms with van der Waals surface area (Å²) in [5.41, 5.74) is 5.24. The van der Waals surface area contributed by atoms with E-state index in [2.05, 4.69) is 15.7 Å². The average Bonchev–Trinajstić information content (AvgIpc) is 3.43. The molecule has 8 nitrogen and oxygen atoms in total. The Morgan fingerprint density at radius 1 is 1.16 bits per heavy atom. The van der Waals surface area contributed by atoms with E-state index in [0.29, 0.717) is 23.7 Å². The molecule has 4 rings (SSSR count). The van der Waals surface area contributed by atoms with Gasteiger partial charge in [-0.25, -0.2) is 4.39 Å². The molecule has 0 aliphatic heterocycles. The Morgan fingerprint density at radius 2 is 1.90 bits per heavy atom. The Bertz CT molecular complexity index is 1200. The maximum absolute atomic E-state index is 14.0. The van der Waals surface area contributed by atoms with Crippen LogP contribution in [-0.2, 0) is 22.7 Å². The molecule has 0 bridgehead atoms. The van der Waals surface area contributed by atoms with Crippen LogP contribution in [0.4, 0.5) is 4.39 Å². The van der Waals surface area contributed by atoms with Crippen molar-refractivity contribution in [2.24, 2.45) is 5.73 Å². The Labute approximate surface area is 181 Å². The number of hydrogen-bond acceptors (Lipinski definition) is 4. The second kappa shape index (κ2) is 7.99. The average molecular weight is 444 g/mol. The van der Waals surface area contributed by atoms with Gasteiger partial charge in [0.05, 0.1) is 10.5 Å². The van der Waals surface area contributed by atoms with E-state index in [1.54, 1.807) is 30.3 Å². The molecule has 1 aliphatic rings. The van der Waals surface area contributed by atoms with Gasteiger partial charge >= 0.3 is 0 Å². The van der Waals surface area contributed by atoms with E-state index in [9.17, 15) is 18.8 Å². The molecular formula is C21H19ClFN5O3. The molecular weight excluding hydrogens is 425 g/mol. The zero-order valence-electron chi connectivity index (χ0n) is 16.3. The van der Waals surface area contributed by atoms with Crippen LogP contribution in [0.5, 0.6) is 0 Å². The molecule has 4 N–H and O–H groups in total. The molecule has 0 radical (unpaired) electrons. The number of hydrogen-bond donors (Lipinski definition) is 3. The quantitative estimate of drug-likeness (QED) is 0.516. The van der Waals surface area contributed by atoms with Crippen molar-refractivity contribution in [2.45, 2.75) is 31.5 Å². The largest absolute Gasteiger partial charge is 0.364 e. The van der Waals surface area contributed by atoms with Crippen molar-refractivity contribution < 1.29 is 18.8 Å². The van der Waals surface area contributed by atoms with Crippen LogP contribution < -0.4 is 16.4 Å². The number of carbonyl (C=O) groups excluding carboxylic acids is 3. The van der Waals surface area contributed by atoms with Gasteiger partial charge in [0.15, 0.2) is 5.69 Å². The number of nitrogens with one attached hydrogen (secondary N) is 2. The van der Waals surface area contributed by atoms with Crippen molar-refractivity contribution in [1.82, 2.24) is 20.4 Å². The predicted octanol–water partition coefficient (Wildman–Crippen LogP) is 1.89. The van der Waals surface area contributed by atoms with Crippen molar-refractivity contribution in [1.29, 1.82) is 0 Å². The molecule has 0 unspecified atom stereocenters. The summed E-state index contributed by atoms with van der Waals surface area (Å²) in [6.45, 7) is -0.236. The maximum atomic E-state index is 14.0. The molecule has 1 aromatic heterocycles. The van der Waals surface area contributed by atoms with Gasteiger partial charge in [0.1, 0.15) is 17.9 Å². The minimum Gasteiger partial charge on any atom is -0.364 e. The molecule has 0 atom stereocenters. The highest BCUT2D eigenvalue weighted by Gasteiger charge is 2.51. The lowest BCUT2D eigenvalue weighted by atomic mass is 10.2. The van der Waals surface area contributed by atoms with Crippen LogP contribution in [0.2, 0.25) is 5.02 Å². The Hall–Kier alpha value is -3.46. The Balaban J connectivity index is 1.43. The topological polar surface area (TPSA) is 119 Å². The standard InChI is InChI=1S/C21H19ClFN5O3/c22-14-6-3-4-12(17(14)23)10-25-20(31)21(8-9-21)26-16(29)11-28-15-7-2-1-5-13(15)18(27-28)19(24)30/h1-7H,8-11H2,(H2,24,30)(H,25,31)(H,26,29). The molecule has 2 aromatic carbocycles. The SMILES string of the molecule is NC(=O)c1nn(CC(=O)NC2(C(=O)NCc3cccc(Cl)c3F)CC2)c2ccccc12. The number of fused-ring (bicyclic) bond motifs is 1. The number of benzene rings is 2. The third-order valence-corrected chi connectivity index (χ3v) is 5.51. The van der Waals surface area contributed by atoms with Crippen molar-refractivity contribution in [2.75, 3.05) is 0 Å². The second-order valence-electron chi connectivity index (χ2n) is 7.41. The lowest BCUT2D eigenvalue weighted by Crippen LogP contribution is -2.49. The number of nitrogens with two attached hydrogens (primary N) is 1. The second-order valence-corrected chi connectivity index (χ2v) is 7.82. The fourth-order valence-electron chi connectivity index (χ4n) is 3.44. The van der Waals surface area contributed by atoms with E-state index in [-0.39, 0.29) is 29.4 Å². The van der Waals surface area contributed by atoms with Gasteiger partial charge in [0, 0.05) is 17.5 Å². The molecule has 3 aromatic rings.